The molecule has 0 aromatic carbocycles. The van der Waals surface area contributed by atoms with Crippen LogP contribution in [0.25, 0.3) is 0 Å². The Bertz CT molecular complexity index is 711. The molecule has 5 atom stereocenters. The number of carbonyl (C=O) groups is 2. The standard InChI is InChI=1S/C24H40FN5O2/c25-12-16-2-1-9-29(13-16)24(32)21-10-18-7-8-19(22(26)27)11-20(18)30(21)14-15-3-5-17(6-4-15)23(28)31/h15-21H,1-14H2,(H3,26,27)(H2,28,31)/t15?,16-,17?,18?,19?,20?,21?/m1/s1. The van der Waals surface area contributed by atoms with Crippen LogP contribution in [-0.2, 0) is 9.59 Å². The SMILES string of the molecule is N=C(N)C1CCC2CC(C(=O)N3CCC[C@H](CF)C3)N(CC3CCC(C(N)=O)CC3)C2C1. The fraction of sp³-hybridized carbons (Fsp3) is 0.875. The van der Waals surface area contributed by atoms with Gasteiger partial charge in [0.2, 0.25) is 11.8 Å². The van der Waals surface area contributed by atoms with Crippen LogP contribution < -0.4 is 11.5 Å². The molecule has 4 aliphatic rings. The maximum atomic E-state index is 13.6. The molecule has 0 spiro atoms. The number of nitrogens with two attached hydrogens (primary N) is 2. The van der Waals surface area contributed by atoms with E-state index in [0.717, 1.165) is 77.3 Å². The molecule has 5 N–H and O–H groups in total. The zero-order valence-corrected chi connectivity index (χ0v) is 19.2. The van der Waals surface area contributed by atoms with Crippen molar-refractivity contribution in [3.8, 4) is 0 Å². The van der Waals surface area contributed by atoms with Crippen molar-refractivity contribution in [1.82, 2.24) is 9.80 Å². The maximum absolute atomic E-state index is 13.6. The Morgan fingerprint density at radius 3 is 2.31 bits per heavy atom. The first-order valence-corrected chi connectivity index (χ1v) is 12.6. The number of nitrogens with zero attached hydrogens (tertiary/aromatic N) is 2. The lowest BCUT2D eigenvalue weighted by Crippen LogP contribution is -2.52. The van der Waals surface area contributed by atoms with Crippen molar-refractivity contribution < 1.29 is 14.0 Å². The van der Waals surface area contributed by atoms with Crippen LogP contribution in [0.3, 0.4) is 0 Å². The number of alkyl halides is 1. The van der Waals surface area contributed by atoms with Crippen LogP contribution in [0.15, 0.2) is 0 Å². The lowest BCUT2D eigenvalue weighted by atomic mass is 9.77. The van der Waals surface area contributed by atoms with Crippen molar-refractivity contribution in [2.24, 2.45) is 41.1 Å². The van der Waals surface area contributed by atoms with E-state index in [9.17, 15) is 14.0 Å². The largest absolute Gasteiger partial charge is 0.387 e. The zero-order chi connectivity index (χ0) is 22.8. The molecule has 2 heterocycles. The van der Waals surface area contributed by atoms with Crippen LogP contribution >= 0.6 is 0 Å². The third kappa shape index (κ3) is 4.95. The Kier molecular flexibility index (Phi) is 7.37. The first kappa shape index (κ1) is 23.5. The van der Waals surface area contributed by atoms with E-state index in [1.54, 1.807) is 0 Å². The van der Waals surface area contributed by atoms with E-state index in [1.165, 1.54) is 0 Å². The number of piperidine rings is 1. The number of rotatable bonds is 6. The molecular weight excluding hydrogens is 409 g/mol. The van der Waals surface area contributed by atoms with Crippen LogP contribution in [0.1, 0.15) is 64.2 Å². The molecular formula is C24H40FN5O2. The molecule has 8 heteroatoms. The van der Waals surface area contributed by atoms with Gasteiger partial charge in [-0.2, -0.15) is 0 Å². The summed E-state index contributed by atoms with van der Waals surface area (Å²) in [4.78, 5) is 29.6. The molecule has 0 aromatic heterocycles. The molecule has 4 fully saturated rings. The second-order valence-corrected chi connectivity index (χ2v) is 10.8. The van der Waals surface area contributed by atoms with Gasteiger partial charge >= 0.3 is 0 Å². The second kappa shape index (κ2) is 10.1. The van der Waals surface area contributed by atoms with Gasteiger partial charge < -0.3 is 16.4 Å². The van der Waals surface area contributed by atoms with Gasteiger partial charge in [-0.1, -0.05) is 0 Å². The number of halogens is 1. The molecule has 0 radical (unpaired) electrons. The fourth-order valence-electron chi connectivity index (χ4n) is 6.86. The van der Waals surface area contributed by atoms with Gasteiger partial charge in [0.15, 0.2) is 0 Å². The summed E-state index contributed by atoms with van der Waals surface area (Å²) in [5.41, 5.74) is 11.4. The van der Waals surface area contributed by atoms with Gasteiger partial charge in [-0.15, -0.1) is 0 Å². The molecule has 0 bridgehead atoms. The van der Waals surface area contributed by atoms with E-state index in [0.29, 0.717) is 18.4 Å². The summed E-state index contributed by atoms with van der Waals surface area (Å²) >= 11 is 0. The Morgan fingerprint density at radius 2 is 1.66 bits per heavy atom. The number of carbonyl (C=O) groups excluding carboxylic acids is 2. The zero-order valence-electron chi connectivity index (χ0n) is 19.2. The summed E-state index contributed by atoms with van der Waals surface area (Å²) in [5, 5.41) is 7.96. The number of amidine groups is 1. The Labute approximate surface area is 190 Å². The molecule has 2 saturated carbocycles. The second-order valence-electron chi connectivity index (χ2n) is 10.8. The van der Waals surface area contributed by atoms with Crippen LogP contribution in [0.4, 0.5) is 4.39 Å². The van der Waals surface area contributed by atoms with Gasteiger partial charge in [-0.05, 0) is 76.0 Å². The Hall–Kier alpha value is -1.70. The highest BCUT2D eigenvalue weighted by atomic mass is 19.1. The lowest BCUT2D eigenvalue weighted by Gasteiger charge is -2.41. The van der Waals surface area contributed by atoms with Gasteiger partial charge in [0.1, 0.15) is 0 Å². The highest BCUT2D eigenvalue weighted by Crippen LogP contribution is 2.44. The number of likely N-dealkylation sites (tertiary alicyclic amines) is 2. The van der Waals surface area contributed by atoms with Crippen molar-refractivity contribution in [3.63, 3.8) is 0 Å². The highest BCUT2D eigenvalue weighted by Gasteiger charge is 2.49. The van der Waals surface area contributed by atoms with Crippen LogP contribution in [0.5, 0.6) is 0 Å². The molecule has 2 amide bonds. The molecule has 7 nitrogen and oxygen atoms in total. The van der Waals surface area contributed by atoms with E-state index in [1.807, 2.05) is 4.90 Å². The topological polar surface area (TPSA) is 117 Å². The normalized spacial score (nSPS) is 38.3. The summed E-state index contributed by atoms with van der Waals surface area (Å²) < 4.78 is 13.3. The Morgan fingerprint density at radius 1 is 0.938 bits per heavy atom. The van der Waals surface area contributed by atoms with E-state index in [2.05, 4.69) is 4.90 Å². The molecule has 0 aromatic rings. The molecule has 4 rings (SSSR count). The minimum atomic E-state index is -0.354. The van der Waals surface area contributed by atoms with Gasteiger partial charge in [-0.3, -0.25) is 24.3 Å². The van der Waals surface area contributed by atoms with Crippen LogP contribution in [-0.4, -0.2) is 65.8 Å². The predicted molar refractivity (Wildman–Crippen MR) is 122 cm³/mol. The minimum Gasteiger partial charge on any atom is -0.387 e. The summed E-state index contributed by atoms with van der Waals surface area (Å²) in [7, 11) is 0. The summed E-state index contributed by atoms with van der Waals surface area (Å²) in [6, 6.07) is 0.130. The molecule has 32 heavy (non-hydrogen) atoms. The van der Waals surface area contributed by atoms with Crippen LogP contribution in [0.2, 0.25) is 0 Å². The van der Waals surface area contributed by atoms with Gasteiger partial charge in [0.25, 0.3) is 0 Å². The van der Waals surface area contributed by atoms with E-state index >= 15 is 0 Å². The third-order valence-electron chi connectivity index (χ3n) is 8.80. The van der Waals surface area contributed by atoms with E-state index in [-0.39, 0.29) is 54.2 Å². The number of amides is 2. The molecule has 2 saturated heterocycles. The number of hydrogen-bond donors (Lipinski definition) is 3. The quantitative estimate of drug-likeness (QED) is 0.426. The molecule has 180 valence electrons. The van der Waals surface area contributed by atoms with Crippen LogP contribution in [0, 0.1) is 35.0 Å². The average Bonchev–Trinajstić information content (AvgIpc) is 3.16. The van der Waals surface area contributed by atoms with Gasteiger partial charge in [0.05, 0.1) is 18.6 Å². The van der Waals surface area contributed by atoms with E-state index < -0.39 is 0 Å². The third-order valence-corrected chi connectivity index (χ3v) is 8.80. The first-order valence-electron chi connectivity index (χ1n) is 12.6. The monoisotopic (exact) mass is 449 g/mol. The lowest BCUT2D eigenvalue weighted by molar-refractivity contribution is -0.138. The van der Waals surface area contributed by atoms with Gasteiger partial charge in [0, 0.05) is 43.4 Å². The van der Waals surface area contributed by atoms with Crippen molar-refractivity contribution in [2.75, 3.05) is 26.3 Å². The molecule has 4 unspecified atom stereocenters. The summed E-state index contributed by atoms with van der Waals surface area (Å²) in [6.07, 6.45) is 9.00. The Balaban J connectivity index is 1.48. The summed E-state index contributed by atoms with van der Waals surface area (Å²) in [5.74, 6) is 1.21. The maximum Gasteiger partial charge on any atom is 0.239 e. The number of fused-ring (bicyclic) bond motifs is 1. The van der Waals surface area contributed by atoms with Crippen molar-refractivity contribution in [3.05, 3.63) is 0 Å². The smallest absolute Gasteiger partial charge is 0.239 e. The number of primary amides is 1. The van der Waals surface area contributed by atoms with Gasteiger partial charge in [-0.25, -0.2) is 0 Å². The average molecular weight is 450 g/mol. The predicted octanol–water partition coefficient (Wildman–Crippen LogP) is 2.28. The minimum absolute atomic E-state index is 0.0160. The van der Waals surface area contributed by atoms with Crippen molar-refractivity contribution >= 4 is 17.6 Å². The highest BCUT2D eigenvalue weighted by molar-refractivity contribution is 5.83. The van der Waals surface area contributed by atoms with Crippen molar-refractivity contribution in [1.29, 1.82) is 5.41 Å². The summed E-state index contributed by atoms with van der Waals surface area (Å²) in [6.45, 7) is 1.77. The first-order chi connectivity index (χ1) is 15.4. The van der Waals surface area contributed by atoms with Crippen molar-refractivity contribution in [2.45, 2.75) is 76.3 Å². The molecule has 2 aliphatic heterocycles. The fourth-order valence-corrected chi connectivity index (χ4v) is 6.86. The van der Waals surface area contributed by atoms with E-state index in [4.69, 9.17) is 16.9 Å². The number of nitrogens with one attached hydrogen (secondary N) is 1. The molecule has 2 aliphatic carbocycles. The number of hydrogen-bond acceptors (Lipinski definition) is 4.